The standard InChI is InChI=1S/C10H19N3O/c1-4-8(5-2)10-9(7-14)11-12-13(10)6-3/h8,14H,4-7H2,1-3H3. The molecule has 0 bridgehead atoms. The van der Waals surface area contributed by atoms with Crippen molar-refractivity contribution in [2.45, 2.75) is 52.7 Å². The molecule has 0 fully saturated rings. The summed E-state index contributed by atoms with van der Waals surface area (Å²) in [5, 5.41) is 17.2. The SMILES string of the molecule is CCC(CC)c1c(CO)nnn1CC. The number of rotatable bonds is 5. The van der Waals surface area contributed by atoms with Crippen LogP contribution in [0, 0.1) is 0 Å². The van der Waals surface area contributed by atoms with Gasteiger partial charge in [-0.3, -0.25) is 0 Å². The second kappa shape index (κ2) is 5.10. The van der Waals surface area contributed by atoms with Gasteiger partial charge >= 0.3 is 0 Å². The first-order chi connectivity index (χ1) is 6.78. The van der Waals surface area contributed by atoms with Crippen LogP contribution in [0.2, 0.25) is 0 Å². The fourth-order valence-corrected chi connectivity index (χ4v) is 1.82. The molecule has 1 aromatic rings. The number of aromatic nitrogens is 3. The van der Waals surface area contributed by atoms with E-state index < -0.39 is 0 Å². The van der Waals surface area contributed by atoms with Gasteiger partial charge in [-0.2, -0.15) is 0 Å². The third-order valence-corrected chi connectivity index (χ3v) is 2.67. The summed E-state index contributed by atoms with van der Waals surface area (Å²) in [4.78, 5) is 0. The molecule has 1 aromatic heterocycles. The fourth-order valence-electron chi connectivity index (χ4n) is 1.82. The van der Waals surface area contributed by atoms with Crippen LogP contribution >= 0.6 is 0 Å². The molecule has 0 amide bonds. The third kappa shape index (κ3) is 1.95. The van der Waals surface area contributed by atoms with E-state index in [0.717, 1.165) is 30.8 Å². The maximum atomic E-state index is 9.15. The van der Waals surface area contributed by atoms with Crippen molar-refractivity contribution < 1.29 is 5.11 Å². The Bertz CT molecular complexity index is 257. The highest BCUT2D eigenvalue weighted by molar-refractivity contribution is 5.14. The molecule has 4 heteroatoms. The van der Waals surface area contributed by atoms with Gasteiger partial charge in [-0.1, -0.05) is 19.1 Å². The Morgan fingerprint density at radius 1 is 1.29 bits per heavy atom. The first kappa shape index (κ1) is 11.2. The highest BCUT2D eigenvalue weighted by Gasteiger charge is 2.18. The number of hydrogen-bond acceptors (Lipinski definition) is 3. The van der Waals surface area contributed by atoms with Crippen molar-refractivity contribution in [2.75, 3.05) is 0 Å². The average molecular weight is 197 g/mol. The van der Waals surface area contributed by atoms with Crippen molar-refractivity contribution in [2.24, 2.45) is 0 Å². The molecule has 0 unspecified atom stereocenters. The van der Waals surface area contributed by atoms with Crippen LogP contribution in [-0.4, -0.2) is 20.1 Å². The lowest BCUT2D eigenvalue weighted by Gasteiger charge is -2.14. The number of aryl methyl sites for hydroxylation is 1. The zero-order valence-corrected chi connectivity index (χ0v) is 9.19. The Morgan fingerprint density at radius 3 is 2.36 bits per heavy atom. The number of hydrogen-bond donors (Lipinski definition) is 1. The van der Waals surface area contributed by atoms with Gasteiger partial charge in [0.15, 0.2) is 0 Å². The van der Waals surface area contributed by atoms with Crippen molar-refractivity contribution in [1.29, 1.82) is 0 Å². The van der Waals surface area contributed by atoms with Crippen molar-refractivity contribution in [3.8, 4) is 0 Å². The highest BCUT2D eigenvalue weighted by atomic mass is 16.3. The normalized spacial score (nSPS) is 11.2. The van der Waals surface area contributed by atoms with E-state index in [4.69, 9.17) is 5.11 Å². The van der Waals surface area contributed by atoms with E-state index in [-0.39, 0.29) is 6.61 Å². The summed E-state index contributed by atoms with van der Waals surface area (Å²) in [6.45, 7) is 7.16. The second-order valence-electron chi connectivity index (χ2n) is 3.41. The quantitative estimate of drug-likeness (QED) is 0.781. The maximum Gasteiger partial charge on any atom is 0.112 e. The van der Waals surface area contributed by atoms with Gasteiger partial charge in [-0.15, -0.1) is 5.10 Å². The molecule has 0 aromatic carbocycles. The van der Waals surface area contributed by atoms with E-state index in [9.17, 15) is 0 Å². The van der Waals surface area contributed by atoms with E-state index in [0.29, 0.717) is 5.92 Å². The Morgan fingerprint density at radius 2 is 1.93 bits per heavy atom. The van der Waals surface area contributed by atoms with Crippen molar-refractivity contribution in [3.63, 3.8) is 0 Å². The van der Waals surface area contributed by atoms with Crippen LogP contribution in [0.1, 0.15) is 50.9 Å². The van der Waals surface area contributed by atoms with E-state index in [1.807, 2.05) is 11.6 Å². The molecule has 0 aliphatic rings. The average Bonchev–Trinajstić information content (AvgIpc) is 2.63. The molecule has 0 aliphatic carbocycles. The lowest BCUT2D eigenvalue weighted by molar-refractivity contribution is 0.274. The van der Waals surface area contributed by atoms with Crippen molar-refractivity contribution in [3.05, 3.63) is 11.4 Å². The zero-order valence-electron chi connectivity index (χ0n) is 9.19. The molecule has 0 saturated carbocycles. The van der Waals surface area contributed by atoms with Crippen molar-refractivity contribution >= 4 is 0 Å². The van der Waals surface area contributed by atoms with E-state index in [1.54, 1.807) is 0 Å². The van der Waals surface area contributed by atoms with Crippen LogP contribution in [0.3, 0.4) is 0 Å². The Kier molecular flexibility index (Phi) is 4.07. The van der Waals surface area contributed by atoms with Gasteiger partial charge in [0, 0.05) is 12.5 Å². The molecule has 0 aliphatic heterocycles. The Hall–Kier alpha value is -0.900. The lowest BCUT2D eigenvalue weighted by atomic mass is 9.97. The summed E-state index contributed by atoms with van der Waals surface area (Å²) in [6, 6.07) is 0. The van der Waals surface area contributed by atoms with Crippen LogP contribution in [0.15, 0.2) is 0 Å². The van der Waals surface area contributed by atoms with Gasteiger partial charge < -0.3 is 5.11 Å². The molecular formula is C10H19N3O. The molecule has 4 nitrogen and oxygen atoms in total. The van der Waals surface area contributed by atoms with Crippen LogP contribution in [0.5, 0.6) is 0 Å². The molecule has 0 radical (unpaired) electrons. The Labute approximate surface area is 84.9 Å². The Balaban J connectivity index is 3.06. The summed E-state index contributed by atoms with van der Waals surface area (Å²) in [6.07, 6.45) is 2.13. The molecule has 80 valence electrons. The number of nitrogens with zero attached hydrogens (tertiary/aromatic N) is 3. The number of aliphatic hydroxyl groups is 1. The molecule has 0 saturated heterocycles. The minimum absolute atomic E-state index is 0.00810. The summed E-state index contributed by atoms with van der Waals surface area (Å²) < 4.78 is 1.89. The first-order valence-corrected chi connectivity index (χ1v) is 5.31. The summed E-state index contributed by atoms with van der Waals surface area (Å²) in [5.41, 5.74) is 1.85. The molecule has 1 N–H and O–H groups in total. The van der Waals surface area contributed by atoms with Gasteiger partial charge in [0.2, 0.25) is 0 Å². The van der Waals surface area contributed by atoms with Gasteiger partial charge in [-0.25, -0.2) is 4.68 Å². The molecule has 14 heavy (non-hydrogen) atoms. The largest absolute Gasteiger partial charge is 0.390 e. The maximum absolute atomic E-state index is 9.15. The summed E-state index contributed by atoms with van der Waals surface area (Å²) in [7, 11) is 0. The summed E-state index contributed by atoms with van der Waals surface area (Å²) >= 11 is 0. The molecule has 1 heterocycles. The molecule has 0 atom stereocenters. The van der Waals surface area contributed by atoms with Crippen LogP contribution in [0.25, 0.3) is 0 Å². The minimum atomic E-state index is -0.00810. The van der Waals surface area contributed by atoms with Crippen molar-refractivity contribution in [1.82, 2.24) is 15.0 Å². The molecule has 0 spiro atoms. The van der Waals surface area contributed by atoms with Crippen LogP contribution in [0.4, 0.5) is 0 Å². The van der Waals surface area contributed by atoms with E-state index >= 15 is 0 Å². The van der Waals surface area contributed by atoms with Gasteiger partial charge in [0.25, 0.3) is 0 Å². The third-order valence-electron chi connectivity index (χ3n) is 2.67. The van der Waals surface area contributed by atoms with Gasteiger partial charge in [-0.05, 0) is 19.8 Å². The summed E-state index contributed by atoms with van der Waals surface area (Å²) in [5.74, 6) is 0.465. The monoisotopic (exact) mass is 197 g/mol. The highest BCUT2D eigenvalue weighted by Crippen LogP contribution is 2.24. The second-order valence-corrected chi connectivity index (χ2v) is 3.41. The molecular weight excluding hydrogens is 178 g/mol. The zero-order chi connectivity index (χ0) is 10.6. The van der Waals surface area contributed by atoms with Crippen LogP contribution in [-0.2, 0) is 13.2 Å². The van der Waals surface area contributed by atoms with E-state index in [1.165, 1.54) is 0 Å². The minimum Gasteiger partial charge on any atom is -0.390 e. The van der Waals surface area contributed by atoms with Crippen LogP contribution < -0.4 is 0 Å². The predicted octanol–water partition coefficient (Wildman–Crippen LogP) is 1.69. The van der Waals surface area contributed by atoms with Gasteiger partial charge in [0.1, 0.15) is 5.69 Å². The first-order valence-electron chi connectivity index (χ1n) is 5.31. The smallest absolute Gasteiger partial charge is 0.112 e. The fraction of sp³-hybridized carbons (Fsp3) is 0.800. The predicted molar refractivity (Wildman–Crippen MR) is 54.9 cm³/mol. The lowest BCUT2D eigenvalue weighted by Crippen LogP contribution is -2.09. The van der Waals surface area contributed by atoms with E-state index in [2.05, 4.69) is 24.2 Å². The number of aliphatic hydroxyl groups excluding tert-OH is 1. The topological polar surface area (TPSA) is 50.9 Å². The van der Waals surface area contributed by atoms with Gasteiger partial charge in [0.05, 0.1) is 12.3 Å². The molecule has 1 rings (SSSR count).